The zero-order valence-electron chi connectivity index (χ0n) is 22.8. The Kier molecular flexibility index (Phi) is 7.10. The molecule has 208 valence electrons. The summed E-state index contributed by atoms with van der Waals surface area (Å²) in [6.07, 6.45) is 0. The molecule has 0 aliphatic carbocycles. The maximum atomic E-state index is 15.2. The van der Waals surface area contributed by atoms with E-state index < -0.39 is 11.9 Å². The van der Waals surface area contributed by atoms with Crippen molar-refractivity contribution in [2.45, 2.75) is 38.9 Å². The summed E-state index contributed by atoms with van der Waals surface area (Å²) >= 11 is 0. The standard InChI is InChI=1S/C30H32FN5O4/c1-16-9-18-5-7-22(16)17(2)14-36(4)30(40)33-21-6-8-26(37)20(10-21)15-35(3)29(39)27(18)34-25-12-23-19(11-24(25)31)13-32-28(23)38/h5-12,17,27,34,37H,13-15H2,1-4H3,(H,32,38)(H,33,40)/t17-,27+/m0/s1. The first kappa shape index (κ1) is 27.0. The highest BCUT2D eigenvalue weighted by molar-refractivity contribution is 5.99. The molecule has 2 atom stereocenters. The highest BCUT2D eigenvalue weighted by Gasteiger charge is 2.29. The van der Waals surface area contributed by atoms with Crippen molar-refractivity contribution >= 4 is 29.2 Å². The Morgan fingerprint density at radius 3 is 2.52 bits per heavy atom. The van der Waals surface area contributed by atoms with Crippen molar-refractivity contribution in [3.8, 4) is 5.75 Å². The number of hydrogen-bond donors (Lipinski definition) is 4. The molecule has 0 unspecified atom stereocenters. The number of halogens is 1. The van der Waals surface area contributed by atoms with Crippen molar-refractivity contribution in [2.75, 3.05) is 31.3 Å². The van der Waals surface area contributed by atoms with Gasteiger partial charge in [-0.2, -0.15) is 0 Å². The monoisotopic (exact) mass is 545 g/mol. The second-order valence-corrected chi connectivity index (χ2v) is 10.6. The van der Waals surface area contributed by atoms with Crippen LogP contribution in [0.3, 0.4) is 0 Å². The van der Waals surface area contributed by atoms with Gasteiger partial charge in [0.25, 0.3) is 5.91 Å². The third-order valence-electron chi connectivity index (χ3n) is 7.59. The minimum atomic E-state index is -0.981. The lowest BCUT2D eigenvalue weighted by molar-refractivity contribution is -0.131. The van der Waals surface area contributed by atoms with E-state index in [1.54, 1.807) is 31.1 Å². The summed E-state index contributed by atoms with van der Waals surface area (Å²) in [7, 11) is 3.31. The van der Waals surface area contributed by atoms with Gasteiger partial charge in [-0.25, -0.2) is 9.18 Å². The first-order valence-corrected chi connectivity index (χ1v) is 13.1. The average Bonchev–Trinajstić information content (AvgIpc) is 3.26. The van der Waals surface area contributed by atoms with Gasteiger partial charge in [-0.05, 0) is 65.4 Å². The fourth-order valence-electron chi connectivity index (χ4n) is 5.38. The van der Waals surface area contributed by atoms with Gasteiger partial charge in [0.15, 0.2) is 0 Å². The molecular weight excluding hydrogens is 513 g/mol. The van der Waals surface area contributed by atoms with E-state index in [0.29, 0.717) is 34.5 Å². The molecule has 0 radical (unpaired) electrons. The second kappa shape index (κ2) is 10.5. The number of carbonyl (C=O) groups excluding carboxylic acids is 3. The van der Waals surface area contributed by atoms with Crippen LogP contribution in [0.15, 0.2) is 48.5 Å². The number of likely N-dealkylation sites (N-methyl/N-ethyl adjacent to an activating group) is 2. The predicted octanol–water partition coefficient (Wildman–Crippen LogP) is 4.48. The molecule has 0 saturated carbocycles. The second-order valence-electron chi connectivity index (χ2n) is 10.6. The Balaban J connectivity index is 1.58. The molecule has 0 saturated heterocycles. The number of aryl methyl sites for hydroxylation is 1. The number of aromatic hydroxyl groups is 1. The van der Waals surface area contributed by atoms with Gasteiger partial charge in [0.1, 0.15) is 17.6 Å². The Labute approximate surface area is 232 Å². The third kappa shape index (κ3) is 5.16. The van der Waals surface area contributed by atoms with Crippen LogP contribution in [-0.2, 0) is 17.9 Å². The topological polar surface area (TPSA) is 114 Å². The zero-order chi connectivity index (χ0) is 28.7. The zero-order valence-corrected chi connectivity index (χ0v) is 22.8. The number of nitrogens with zero attached hydrogens (tertiary/aromatic N) is 2. The smallest absolute Gasteiger partial charge is 0.321 e. The molecule has 40 heavy (non-hydrogen) atoms. The molecule has 3 heterocycles. The van der Waals surface area contributed by atoms with Crippen LogP contribution < -0.4 is 16.0 Å². The van der Waals surface area contributed by atoms with Crippen LogP contribution in [-0.4, -0.2) is 53.4 Å². The minimum absolute atomic E-state index is 0.00876. The number of benzene rings is 3. The first-order chi connectivity index (χ1) is 19.0. The maximum Gasteiger partial charge on any atom is 0.321 e. The van der Waals surface area contributed by atoms with E-state index in [0.717, 1.165) is 11.1 Å². The molecule has 10 heteroatoms. The number of urea groups is 1. The van der Waals surface area contributed by atoms with Crippen molar-refractivity contribution in [3.05, 3.63) is 87.7 Å². The van der Waals surface area contributed by atoms with Gasteiger partial charge >= 0.3 is 6.03 Å². The van der Waals surface area contributed by atoms with Crippen LogP contribution in [0.5, 0.6) is 5.75 Å². The molecule has 4 bridgehead atoms. The van der Waals surface area contributed by atoms with Gasteiger partial charge in [-0.15, -0.1) is 0 Å². The first-order valence-electron chi connectivity index (χ1n) is 13.1. The van der Waals surface area contributed by atoms with Gasteiger partial charge < -0.3 is 30.9 Å². The number of fused-ring (bicyclic) bond motifs is 10. The van der Waals surface area contributed by atoms with Crippen molar-refractivity contribution < 1.29 is 23.9 Å². The van der Waals surface area contributed by atoms with E-state index in [-0.39, 0.29) is 48.3 Å². The molecule has 4 amide bonds. The van der Waals surface area contributed by atoms with Gasteiger partial charge in [0.05, 0.1) is 5.69 Å². The quantitative estimate of drug-likeness (QED) is 0.355. The van der Waals surface area contributed by atoms with Crippen molar-refractivity contribution in [2.24, 2.45) is 0 Å². The molecule has 3 aliphatic rings. The lowest BCUT2D eigenvalue weighted by Gasteiger charge is -2.28. The van der Waals surface area contributed by atoms with Crippen LogP contribution in [0.4, 0.5) is 20.6 Å². The van der Waals surface area contributed by atoms with Crippen molar-refractivity contribution in [3.63, 3.8) is 0 Å². The van der Waals surface area contributed by atoms with Crippen LogP contribution in [0.25, 0.3) is 0 Å². The minimum Gasteiger partial charge on any atom is -0.508 e. The van der Waals surface area contributed by atoms with E-state index >= 15 is 4.39 Å². The summed E-state index contributed by atoms with van der Waals surface area (Å²) in [5.41, 5.74) is 4.45. The van der Waals surface area contributed by atoms with E-state index in [1.165, 1.54) is 23.1 Å². The molecule has 0 spiro atoms. The number of carbonyl (C=O) groups is 3. The van der Waals surface area contributed by atoms with Crippen LogP contribution in [0, 0.1) is 12.7 Å². The Hall–Kier alpha value is -4.60. The molecule has 6 rings (SSSR count). The third-order valence-corrected chi connectivity index (χ3v) is 7.59. The molecule has 0 aromatic heterocycles. The normalized spacial score (nSPS) is 19.4. The van der Waals surface area contributed by atoms with Crippen LogP contribution >= 0.6 is 0 Å². The summed E-state index contributed by atoms with van der Waals surface area (Å²) in [6.45, 7) is 4.70. The molecule has 9 nitrogen and oxygen atoms in total. The van der Waals surface area contributed by atoms with Gasteiger partial charge in [-0.3, -0.25) is 9.59 Å². The van der Waals surface area contributed by atoms with Crippen LogP contribution in [0.1, 0.15) is 57.1 Å². The van der Waals surface area contributed by atoms with E-state index in [9.17, 15) is 19.5 Å². The van der Waals surface area contributed by atoms with Crippen molar-refractivity contribution in [1.29, 1.82) is 0 Å². The summed E-state index contributed by atoms with van der Waals surface area (Å²) in [5, 5.41) is 19.1. The Morgan fingerprint density at radius 1 is 1.00 bits per heavy atom. The van der Waals surface area contributed by atoms with E-state index in [4.69, 9.17) is 0 Å². The fraction of sp³-hybridized carbons (Fsp3) is 0.300. The molecule has 3 aromatic rings. The molecule has 3 aromatic carbocycles. The summed E-state index contributed by atoms with van der Waals surface area (Å²) in [5.74, 6) is -1.26. The molecular formula is C30H32FN5O4. The number of hydrogen-bond acceptors (Lipinski definition) is 5. The highest BCUT2D eigenvalue weighted by atomic mass is 19.1. The number of anilines is 2. The van der Waals surface area contributed by atoms with E-state index in [2.05, 4.69) is 16.0 Å². The summed E-state index contributed by atoms with van der Waals surface area (Å²) < 4.78 is 15.2. The van der Waals surface area contributed by atoms with Gasteiger partial charge in [-0.1, -0.05) is 25.1 Å². The predicted molar refractivity (Wildman–Crippen MR) is 150 cm³/mol. The summed E-state index contributed by atoms with van der Waals surface area (Å²) in [4.78, 5) is 42.1. The molecule has 4 N–H and O–H groups in total. The Bertz CT molecular complexity index is 1520. The number of phenolic OH excluding ortho intramolecular Hbond substituents is 1. The Morgan fingerprint density at radius 2 is 1.77 bits per heavy atom. The number of amides is 4. The lowest BCUT2D eigenvalue weighted by atomic mass is 9.92. The number of rotatable bonds is 2. The molecule has 3 aliphatic heterocycles. The van der Waals surface area contributed by atoms with Crippen LogP contribution in [0.2, 0.25) is 0 Å². The highest BCUT2D eigenvalue weighted by Crippen LogP contribution is 2.32. The molecule has 0 fully saturated rings. The fourth-order valence-corrected chi connectivity index (χ4v) is 5.38. The number of phenols is 1. The number of nitrogens with one attached hydrogen (secondary N) is 3. The SMILES string of the molecule is Cc1cc2ccc1[C@@H](C)CN(C)C(=O)Nc1ccc(O)c(c1)CN(C)C(=O)[C@@H]2Nc1cc2c(cc1F)CNC2=O. The van der Waals surface area contributed by atoms with Gasteiger partial charge in [0.2, 0.25) is 5.91 Å². The van der Waals surface area contributed by atoms with Crippen molar-refractivity contribution in [1.82, 2.24) is 15.1 Å². The largest absolute Gasteiger partial charge is 0.508 e. The van der Waals surface area contributed by atoms with E-state index in [1.807, 2.05) is 32.0 Å². The maximum absolute atomic E-state index is 15.2. The van der Waals surface area contributed by atoms with Gasteiger partial charge in [0, 0.05) is 50.5 Å². The lowest BCUT2D eigenvalue weighted by Crippen LogP contribution is -2.36. The summed E-state index contributed by atoms with van der Waals surface area (Å²) in [6, 6.07) is 11.8. The average molecular weight is 546 g/mol.